The summed E-state index contributed by atoms with van der Waals surface area (Å²) in [6.45, 7) is 0.336. The number of aryl methyl sites for hydroxylation is 1. The lowest BCUT2D eigenvalue weighted by Crippen LogP contribution is -2.35. The summed E-state index contributed by atoms with van der Waals surface area (Å²) in [5.74, 6) is 0.792. The van der Waals surface area contributed by atoms with Gasteiger partial charge in [0.15, 0.2) is 6.16 Å². The van der Waals surface area contributed by atoms with Gasteiger partial charge in [0.2, 0.25) is 0 Å². The van der Waals surface area contributed by atoms with Crippen molar-refractivity contribution in [2.45, 2.75) is 12.8 Å². The first kappa shape index (κ1) is 18.4. The van der Waals surface area contributed by atoms with Crippen LogP contribution in [0.15, 0.2) is 54.6 Å². The predicted molar refractivity (Wildman–Crippen MR) is 88.3 cm³/mol. The van der Waals surface area contributed by atoms with Gasteiger partial charge in [-0.2, -0.15) is 0 Å². The van der Waals surface area contributed by atoms with Gasteiger partial charge in [-0.25, -0.2) is 0 Å². The molecule has 6 nitrogen and oxygen atoms in total. The molecule has 0 spiro atoms. The van der Waals surface area contributed by atoms with E-state index in [0.717, 1.165) is 17.1 Å². The second-order valence-corrected chi connectivity index (χ2v) is 6.90. The number of carbonyl (C=O) groups excluding carboxylic acids is 1. The van der Waals surface area contributed by atoms with Gasteiger partial charge in [0.25, 0.3) is 5.91 Å². The number of amides is 1. The molecule has 0 saturated heterocycles. The molecule has 0 bridgehead atoms. The Balaban J connectivity index is 1.77. The largest absolute Gasteiger partial charge is 0.659 e. The lowest BCUT2D eigenvalue weighted by atomic mass is 10.1. The second-order valence-electron chi connectivity index (χ2n) is 5.31. The van der Waals surface area contributed by atoms with Crippen molar-refractivity contribution >= 4 is 13.9 Å². The zero-order valence-corrected chi connectivity index (χ0v) is 13.9. The molecular formula is C17H19NO5P-. The van der Waals surface area contributed by atoms with Crippen molar-refractivity contribution in [2.24, 2.45) is 0 Å². The third kappa shape index (κ3) is 7.06. The van der Waals surface area contributed by atoms with Crippen LogP contribution >= 0.6 is 7.94 Å². The van der Waals surface area contributed by atoms with Crippen molar-refractivity contribution in [3.63, 3.8) is 0 Å². The average molecular weight is 348 g/mol. The lowest BCUT2D eigenvalue weighted by Gasteiger charge is -2.26. The standard InChI is InChI=1S/C17H20NO5P/c19-17(13-24(20,21)22)18-11-5-7-14-6-4-10-16(12-14)23-15-8-2-1-3-9-15/h1-4,6,8-10,12H,5,7,11,13H2,(H,18,19)(H2,20,21,22)/p-1. The number of para-hydroxylation sites is 1. The van der Waals surface area contributed by atoms with Crippen molar-refractivity contribution in [3.05, 3.63) is 60.2 Å². The van der Waals surface area contributed by atoms with Crippen LogP contribution in [0.25, 0.3) is 0 Å². The van der Waals surface area contributed by atoms with E-state index in [1.165, 1.54) is 0 Å². The minimum absolute atomic E-state index is 0.336. The van der Waals surface area contributed by atoms with Gasteiger partial charge in [0, 0.05) is 6.54 Å². The molecular weight excluding hydrogens is 329 g/mol. The van der Waals surface area contributed by atoms with Crippen molar-refractivity contribution in [1.82, 2.24) is 5.32 Å². The fourth-order valence-corrected chi connectivity index (χ4v) is 2.62. The van der Waals surface area contributed by atoms with Crippen LogP contribution in [0.1, 0.15) is 12.0 Å². The zero-order chi connectivity index (χ0) is 17.4. The van der Waals surface area contributed by atoms with Crippen LogP contribution in [-0.4, -0.2) is 23.5 Å². The van der Waals surface area contributed by atoms with Crippen LogP contribution in [-0.2, 0) is 11.2 Å². The summed E-state index contributed by atoms with van der Waals surface area (Å²) in [7, 11) is -4.55. The van der Waals surface area contributed by atoms with E-state index in [1.54, 1.807) is 0 Å². The molecule has 0 aliphatic carbocycles. The third-order valence-corrected chi connectivity index (χ3v) is 3.87. The highest BCUT2D eigenvalue weighted by Gasteiger charge is 2.14. The minimum atomic E-state index is -4.55. The Bertz CT molecular complexity index is 658. The highest BCUT2D eigenvalue weighted by molar-refractivity contribution is 7.56. The Morgan fingerprint density at radius 3 is 2.50 bits per heavy atom. The smallest absolute Gasteiger partial charge is 0.259 e. The number of hydrogen-bond acceptors (Lipinski definition) is 5. The average Bonchev–Trinajstić information content (AvgIpc) is 2.51. The molecule has 2 aromatic rings. The number of benzene rings is 2. The van der Waals surface area contributed by atoms with Gasteiger partial charge in [-0.15, -0.1) is 0 Å². The molecule has 0 fully saturated rings. The van der Waals surface area contributed by atoms with Gasteiger partial charge < -0.3 is 19.8 Å². The number of nitrogens with one attached hydrogen (secondary N) is 1. The Morgan fingerprint density at radius 1 is 1.08 bits per heavy atom. The van der Waals surface area contributed by atoms with Crippen LogP contribution in [0.2, 0.25) is 0 Å². The molecule has 0 radical (unpaired) electrons. The maximum absolute atomic E-state index is 11.3. The maximum atomic E-state index is 11.3. The van der Waals surface area contributed by atoms with Crippen LogP contribution in [0.3, 0.4) is 0 Å². The van der Waals surface area contributed by atoms with Gasteiger partial charge in [0.05, 0.1) is 7.94 Å². The summed E-state index contributed by atoms with van der Waals surface area (Å²) in [6.07, 6.45) is 0.475. The van der Waals surface area contributed by atoms with E-state index in [0.29, 0.717) is 19.4 Å². The summed E-state index contributed by atoms with van der Waals surface area (Å²) >= 11 is 0. The van der Waals surface area contributed by atoms with E-state index in [1.807, 2.05) is 54.6 Å². The van der Waals surface area contributed by atoms with E-state index >= 15 is 0 Å². The number of rotatable bonds is 8. The molecule has 0 unspecified atom stereocenters. The summed E-state index contributed by atoms with van der Waals surface area (Å²) in [5.41, 5.74) is 1.05. The third-order valence-electron chi connectivity index (χ3n) is 3.19. The van der Waals surface area contributed by atoms with E-state index in [4.69, 9.17) is 9.63 Å². The van der Waals surface area contributed by atoms with Crippen molar-refractivity contribution in [1.29, 1.82) is 0 Å². The first-order valence-electron chi connectivity index (χ1n) is 7.54. The van der Waals surface area contributed by atoms with Crippen molar-refractivity contribution in [2.75, 3.05) is 12.7 Å². The summed E-state index contributed by atoms with van der Waals surface area (Å²) < 4.78 is 5.76. The van der Waals surface area contributed by atoms with Crippen molar-refractivity contribution < 1.29 is 24.2 Å². The van der Waals surface area contributed by atoms with Crippen molar-refractivity contribution in [3.8, 4) is 11.5 Å². The quantitative estimate of drug-likeness (QED) is 0.547. The molecule has 0 heterocycles. The molecule has 1 amide bonds. The molecule has 128 valence electrons. The Morgan fingerprint density at radius 2 is 1.79 bits per heavy atom. The maximum Gasteiger partial charge on any atom is 0.259 e. The normalized spacial score (nSPS) is 11.1. The Kier molecular flexibility index (Phi) is 6.70. The van der Waals surface area contributed by atoms with E-state index in [9.17, 15) is 14.6 Å². The molecule has 0 aromatic heterocycles. The highest BCUT2D eigenvalue weighted by Crippen LogP contribution is 2.32. The van der Waals surface area contributed by atoms with E-state index < -0.39 is 20.0 Å². The first-order chi connectivity index (χ1) is 11.4. The molecule has 0 saturated carbocycles. The van der Waals surface area contributed by atoms with Crippen LogP contribution in [0.4, 0.5) is 0 Å². The molecule has 0 aliphatic heterocycles. The minimum Gasteiger partial charge on any atom is -0.659 e. The fraction of sp³-hybridized carbons (Fsp3) is 0.235. The number of ether oxygens (including phenoxy) is 1. The fourth-order valence-electron chi connectivity index (χ4n) is 2.15. The predicted octanol–water partition coefficient (Wildman–Crippen LogP) is 1.00. The van der Waals surface area contributed by atoms with Crippen LogP contribution < -0.4 is 19.8 Å². The number of hydrogen-bond donors (Lipinski definition) is 2. The SMILES string of the molecule is O=C(C[P+]([O-])([O-])O)NCCCc1cccc(Oc2ccccc2)c1. The lowest BCUT2D eigenvalue weighted by molar-refractivity contribution is -0.330. The summed E-state index contributed by atoms with van der Waals surface area (Å²) in [6, 6.07) is 17.1. The van der Waals surface area contributed by atoms with E-state index in [-0.39, 0.29) is 0 Å². The van der Waals surface area contributed by atoms with Gasteiger partial charge in [-0.1, -0.05) is 30.3 Å². The number of carbonyl (C=O) groups is 1. The molecule has 0 aliphatic rings. The van der Waals surface area contributed by atoms with Gasteiger partial charge in [-0.3, -0.25) is 9.69 Å². The Labute approximate surface area is 141 Å². The topological polar surface area (TPSA) is 105 Å². The summed E-state index contributed by atoms with van der Waals surface area (Å²) in [4.78, 5) is 41.0. The monoisotopic (exact) mass is 348 g/mol. The van der Waals surface area contributed by atoms with Gasteiger partial charge in [0.1, 0.15) is 11.5 Å². The molecule has 0 atom stereocenters. The van der Waals surface area contributed by atoms with E-state index in [2.05, 4.69) is 5.32 Å². The molecule has 2 N–H and O–H groups in total. The second kappa shape index (κ2) is 8.76. The van der Waals surface area contributed by atoms with Gasteiger partial charge in [-0.05, 0) is 42.7 Å². The highest BCUT2D eigenvalue weighted by atomic mass is 31.2. The zero-order valence-electron chi connectivity index (χ0n) is 13.1. The first-order valence-corrected chi connectivity index (χ1v) is 9.30. The molecule has 2 rings (SSSR count). The molecule has 24 heavy (non-hydrogen) atoms. The summed E-state index contributed by atoms with van der Waals surface area (Å²) in [5, 5.41) is 2.46. The molecule has 7 heteroatoms. The van der Waals surface area contributed by atoms with Gasteiger partial charge >= 0.3 is 0 Å². The van der Waals surface area contributed by atoms with Crippen LogP contribution in [0.5, 0.6) is 11.5 Å². The van der Waals surface area contributed by atoms with Crippen LogP contribution in [0, 0.1) is 0 Å². The Hall–Kier alpha value is -1.98. The molecule has 2 aromatic carbocycles.